The zero-order valence-electron chi connectivity index (χ0n) is 11.2. The second-order valence-corrected chi connectivity index (χ2v) is 6.10. The van der Waals surface area contributed by atoms with Crippen LogP contribution in [0.1, 0.15) is 39.4 Å². The topological polar surface area (TPSA) is 53.1 Å². The van der Waals surface area contributed by atoms with Crippen molar-refractivity contribution in [3.63, 3.8) is 0 Å². The van der Waals surface area contributed by atoms with Gasteiger partial charge in [0.05, 0.1) is 28.5 Å². The highest BCUT2D eigenvalue weighted by atomic mass is 79.9. The molecule has 2 N–H and O–H groups in total. The predicted octanol–water partition coefficient (Wildman–Crippen LogP) is 2.73. The van der Waals surface area contributed by atoms with E-state index in [4.69, 9.17) is 10.5 Å². The van der Waals surface area contributed by atoms with E-state index < -0.39 is 0 Å². The molecule has 4 nitrogen and oxygen atoms in total. The molecule has 1 rings (SSSR count). The summed E-state index contributed by atoms with van der Waals surface area (Å²) in [4.78, 5) is 0. The van der Waals surface area contributed by atoms with Gasteiger partial charge >= 0.3 is 0 Å². The summed E-state index contributed by atoms with van der Waals surface area (Å²) in [6.07, 6.45) is 1.73. The number of hydrogen-bond acceptors (Lipinski definition) is 3. The first kappa shape index (κ1) is 14.7. The molecule has 5 heteroatoms. The van der Waals surface area contributed by atoms with Crippen molar-refractivity contribution in [2.24, 2.45) is 11.1 Å². The molecular weight excluding hydrogens is 282 g/mol. The fourth-order valence-electron chi connectivity index (χ4n) is 2.14. The van der Waals surface area contributed by atoms with Gasteiger partial charge in [0.2, 0.25) is 0 Å². The summed E-state index contributed by atoms with van der Waals surface area (Å²) in [5, 5.41) is 4.29. The first-order valence-electron chi connectivity index (χ1n) is 5.82. The number of halogens is 1. The molecule has 0 aliphatic heterocycles. The summed E-state index contributed by atoms with van der Waals surface area (Å²) in [5.74, 6) is 0. The van der Waals surface area contributed by atoms with Crippen LogP contribution in [-0.2, 0) is 11.3 Å². The van der Waals surface area contributed by atoms with Crippen molar-refractivity contribution in [2.75, 3.05) is 7.11 Å². The van der Waals surface area contributed by atoms with Gasteiger partial charge in [-0.25, -0.2) is 0 Å². The van der Waals surface area contributed by atoms with Crippen molar-refractivity contribution in [1.29, 1.82) is 0 Å². The average molecular weight is 304 g/mol. The molecule has 2 atom stereocenters. The van der Waals surface area contributed by atoms with Crippen molar-refractivity contribution in [1.82, 2.24) is 9.78 Å². The normalized spacial score (nSPS) is 15.9. The number of nitrogens with two attached hydrogens (primary N) is 1. The molecular formula is C12H22BrN3O. The maximum Gasteiger partial charge on any atom is 0.0827 e. The Hall–Kier alpha value is -0.390. The van der Waals surface area contributed by atoms with E-state index in [9.17, 15) is 0 Å². The van der Waals surface area contributed by atoms with Gasteiger partial charge in [-0.3, -0.25) is 4.68 Å². The van der Waals surface area contributed by atoms with Crippen molar-refractivity contribution in [3.05, 3.63) is 16.4 Å². The van der Waals surface area contributed by atoms with Gasteiger partial charge in [0.25, 0.3) is 0 Å². The molecule has 98 valence electrons. The number of nitrogens with zero attached hydrogens (tertiary/aromatic N) is 2. The maximum atomic E-state index is 6.34. The fraction of sp³-hybridized carbons (Fsp3) is 0.750. The molecule has 1 heterocycles. The highest BCUT2D eigenvalue weighted by molar-refractivity contribution is 9.10. The molecule has 0 saturated carbocycles. The Labute approximate surface area is 112 Å². The first-order chi connectivity index (χ1) is 7.82. The van der Waals surface area contributed by atoms with Crippen LogP contribution in [0.2, 0.25) is 0 Å². The largest absolute Gasteiger partial charge is 0.379 e. The summed E-state index contributed by atoms with van der Waals surface area (Å²) in [7, 11) is 1.70. The number of hydrogen-bond donors (Lipinski definition) is 1. The smallest absolute Gasteiger partial charge is 0.0827 e. The minimum Gasteiger partial charge on any atom is -0.379 e. The quantitative estimate of drug-likeness (QED) is 0.930. The fourth-order valence-corrected chi connectivity index (χ4v) is 2.70. The summed E-state index contributed by atoms with van der Waals surface area (Å²) in [6, 6.07) is -0.197. The number of aromatic nitrogens is 2. The molecule has 0 radical (unpaired) electrons. The second kappa shape index (κ2) is 5.50. The van der Waals surface area contributed by atoms with Crippen LogP contribution in [0.4, 0.5) is 0 Å². The highest BCUT2D eigenvalue weighted by Gasteiger charge is 2.33. The Morgan fingerprint density at radius 2 is 2.12 bits per heavy atom. The lowest BCUT2D eigenvalue weighted by atomic mass is 9.83. The van der Waals surface area contributed by atoms with Crippen molar-refractivity contribution in [3.8, 4) is 0 Å². The van der Waals surface area contributed by atoms with Gasteiger partial charge in [-0.2, -0.15) is 5.10 Å². The minimum absolute atomic E-state index is 0.0174. The molecule has 0 aliphatic rings. The van der Waals surface area contributed by atoms with Crippen molar-refractivity contribution in [2.45, 2.75) is 46.4 Å². The Bertz CT molecular complexity index is 370. The van der Waals surface area contributed by atoms with Crippen LogP contribution in [0.5, 0.6) is 0 Å². The molecule has 0 amide bonds. The van der Waals surface area contributed by atoms with Crippen LogP contribution in [0.15, 0.2) is 10.7 Å². The molecule has 0 aromatic carbocycles. The molecule has 0 fully saturated rings. The standard InChI is InChI=1S/C12H22BrN3O/c1-6-16-10(8(13)7-15-16)9(14)11(17-5)12(2,3)4/h7,9,11H,6,14H2,1-5H3. The number of rotatable bonds is 4. The molecule has 1 aromatic rings. The van der Waals surface area contributed by atoms with Gasteiger partial charge in [0, 0.05) is 13.7 Å². The Balaban J connectivity index is 3.09. The monoisotopic (exact) mass is 303 g/mol. The molecule has 0 saturated heterocycles. The zero-order valence-corrected chi connectivity index (χ0v) is 12.8. The third-order valence-electron chi connectivity index (χ3n) is 2.88. The number of aryl methyl sites for hydroxylation is 1. The van der Waals surface area contributed by atoms with E-state index in [2.05, 4.69) is 48.7 Å². The summed E-state index contributed by atoms with van der Waals surface area (Å²) < 4.78 is 8.42. The number of ether oxygens (including phenoxy) is 1. The van der Waals surface area contributed by atoms with Gasteiger partial charge in [-0.1, -0.05) is 20.8 Å². The van der Waals surface area contributed by atoms with E-state index >= 15 is 0 Å². The van der Waals surface area contributed by atoms with Crippen LogP contribution in [0.25, 0.3) is 0 Å². The molecule has 17 heavy (non-hydrogen) atoms. The van der Waals surface area contributed by atoms with Crippen LogP contribution >= 0.6 is 15.9 Å². The maximum absolute atomic E-state index is 6.34. The highest BCUT2D eigenvalue weighted by Crippen LogP contribution is 2.33. The predicted molar refractivity (Wildman–Crippen MR) is 72.8 cm³/mol. The summed E-state index contributed by atoms with van der Waals surface area (Å²) in [6.45, 7) is 9.23. The van der Waals surface area contributed by atoms with Crippen LogP contribution in [0, 0.1) is 5.41 Å². The van der Waals surface area contributed by atoms with Crippen molar-refractivity contribution < 1.29 is 4.74 Å². The summed E-state index contributed by atoms with van der Waals surface area (Å²) >= 11 is 3.50. The van der Waals surface area contributed by atoms with Crippen LogP contribution in [0.3, 0.4) is 0 Å². The first-order valence-corrected chi connectivity index (χ1v) is 6.61. The minimum atomic E-state index is -0.197. The SMILES string of the molecule is CCn1ncc(Br)c1C(N)C(OC)C(C)(C)C. The van der Waals surface area contributed by atoms with E-state index in [1.54, 1.807) is 13.3 Å². The van der Waals surface area contributed by atoms with E-state index in [0.717, 1.165) is 16.7 Å². The van der Waals surface area contributed by atoms with Crippen molar-refractivity contribution >= 4 is 15.9 Å². The molecule has 2 unspecified atom stereocenters. The molecule has 0 spiro atoms. The third kappa shape index (κ3) is 3.09. The molecule has 1 aromatic heterocycles. The van der Waals surface area contributed by atoms with Gasteiger partial charge < -0.3 is 10.5 Å². The van der Waals surface area contributed by atoms with Crippen LogP contribution < -0.4 is 5.73 Å². The lowest BCUT2D eigenvalue weighted by Gasteiger charge is -2.34. The van der Waals surface area contributed by atoms with Gasteiger partial charge in [0.15, 0.2) is 0 Å². The van der Waals surface area contributed by atoms with E-state index in [-0.39, 0.29) is 17.6 Å². The molecule has 0 bridgehead atoms. The zero-order chi connectivity index (χ0) is 13.2. The lowest BCUT2D eigenvalue weighted by molar-refractivity contribution is -0.00443. The second-order valence-electron chi connectivity index (χ2n) is 5.24. The lowest BCUT2D eigenvalue weighted by Crippen LogP contribution is -2.39. The van der Waals surface area contributed by atoms with Crippen LogP contribution in [-0.4, -0.2) is 23.0 Å². The third-order valence-corrected chi connectivity index (χ3v) is 3.49. The van der Waals surface area contributed by atoms with Gasteiger partial charge in [-0.05, 0) is 28.3 Å². The summed E-state index contributed by atoms with van der Waals surface area (Å²) in [5.41, 5.74) is 7.32. The van der Waals surface area contributed by atoms with Gasteiger partial charge in [0.1, 0.15) is 0 Å². The average Bonchev–Trinajstić information content (AvgIpc) is 2.58. The van der Waals surface area contributed by atoms with E-state index in [0.29, 0.717) is 0 Å². The Morgan fingerprint density at radius 1 is 1.53 bits per heavy atom. The Morgan fingerprint density at radius 3 is 2.53 bits per heavy atom. The molecule has 0 aliphatic carbocycles. The number of methoxy groups -OCH3 is 1. The van der Waals surface area contributed by atoms with E-state index in [1.807, 2.05) is 4.68 Å². The Kier molecular flexibility index (Phi) is 4.75. The van der Waals surface area contributed by atoms with Gasteiger partial charge in [-0.15, -0.1) is 0 Å². The van der Waals surface area contributed by atoms with E-state index in [1.165, 1.54) is 0 Å².